The van der Waals surface area contributed by atoms with Crippen LogP contribution in [0.3, 0.4) is 0 Å². The van der Waals surface area contributed by atoms with E-state index < -0.39 is 53.7 Å². The van der Waals surface area contributed by atoms with Crippen molar-refractivity contribution >= 4 is 53.7 Å². The minimum absolute atomic E-state index is 0. The molecule has 0 saturated carbocycles. The van der Waals surface area contributed by atoms with Crippen LogP contribution < -0.4 is 51.4 Å². The molecule has 73 heavy (non-hydrogen) atoms. The zero-order valence-corrected chi connectivity index (χ0v) is 46.1. The largest absolute Gasteiger partial charge is 1.00 e. The summed E-state index contributed by atoms with van der Waals surface area (Å²) in [5, 5.41) is 72.2. The average Bonchev–Trinajstić information content (AvgIpc) is 3.28. The van der Waals surface area contributed by atoms with E-state index in [0.717, 1.165) is 54.7 Å². The Hall–Kier alpha value is -7.81. The van der Waals surface area contributed by atoms with E-state index in [0.29, 0.717) is 0 Å². The van der Waals surface area contributed by atoms with Gasteiger partial charge in [-0.15, -0.1) is 0 Å². The van der Waals surface area contributed by atoms with Crippen LogP contribution in [0.1, 0.15) is 63.7 Å². The zero-order valence-electron chi connectivity index (χ0n) is 44.0. The van der Waals surface area contributed by atoms with Gasteiger partial charge in [0.05, 0.1) is 0 Å². The van der Waals surface area contributed by atoms with Gasteiger partial charge in [-0.1, -0.05) is 164 Å². The molecule has 0 amide bonds. The minimum atomic E-state index is -0.914. The molecule has 0 saturated heterocycles. The van der Waals surface area contributed by atoms with Crippen LogP contribution in [0.2, 0.25) is 0 Å². The van der Waals surface area contributed by atoms with Crippen LogP contribution in [-0.2, 0) is 43.2 Å². The van der Waals surface area contributed by atoms with Gasteiger partial charge in [0.25, 0.3) is 0 Å². The van der Waals surface area contributed by atoms with Gasteiger partial charge in [-0.3, -0.25) is 0 Å². The topological polar surface area (TPSA) is 336 Å². The van der Waals surface area contributed by atoms with E-state index in [1.165, 1.54) is 54.7 Å². The number of allylic oxidation sites excluding steroid dienone is 27. The van der Waals surface area contributed by atoms with Crippen molar-refractivity contribution in [3.05, 3.63) is 219 Å². The number of hydrogen-bond donors (Lipinski definition) is 9. The Bertz CT molecular complexity index is 1570. The molecule has 0 aromatic rings. The molecule has 0 heterocycles. The molecule has 9 N–H and O–H groups in total. The molecule has 0 rings (SSSR count). The van der Waals surface area contributed by atoms with Crippen LogP contribution in [0, 0.1) is 0 Å². The van der Waals surface area contributed by atoms with E-state index in [-0.39, 0.29) is 52.8 Å². The first kappa shape index (κ1) is 88.2. The van der Waals surface area contributed by atoms with E-state index >= 15 is 0 Å². The molecule has 0 aliphatic heterocycles. The normalized spacial score (nSPS) is 11.0. The molecule has 18 nitrogen and oxygen atoms in total. The van der Waals surface area contributed by atoms with Crippen LogP contribution in [0.4, 0.5) is 0 Å². The smallest absolute Gasteiger partial charge is 1.00 e. The molecule has 0 unspecified atom stereocenters. The number of aliphatic carboxylic acids is 9. The first-order valence-electron chi connectivity index (χ1n) is 20.6. The Labute approximate surface area is 473 Å². The molecule has 0 radical (unpaired) electrons. The average molecular weight is 1050 g/mol. The number of rotatable bonds is 18. The summed E-state index contributed by atoms with van der Waals surface area (Å²) in [5.74, 6) is -8.22. The van der Waals surface area contributed by atoms with Gasteiger partial charge in [-0.05, 0) is 62.3 Å². The van der Waals surface area contributed by atoms with E-state index in [4.69, 9.17) is 46.0 Å². The quantitative estimate of drug-likeness (QED) is 0.0357. The third-order valence-corrected chi connectivity index (χ3v) is 4.88. The number of carboxylic acid groups (broad SMARTS) is 9. The maximum absolute atomic E-state index is 9.75. The van der Waals surface area contributed by atoms with Crippen molar-refractivity contribution in [1.29, 1.82) is 0 Å². The number of carboxylic acids is 9. The molecule has 0 aromatic carbocycles. The molecule has 0 spiro atoms. The summed E-state index contributed by atoms with van der Waals surface area (Å²) >= 11 is 0. The second-order valence-corrected chi connectivity index (χ2v) is 11.0. The molecular formula is C54H73KO18. The molecule has 0 aromatic heterocycles. The molecule has 398 valence electrons. The van der Waals surface area contributed by atoms with Crippen molar-refractivity contribution in [2.45, 2.75) is 62.3 Å². The van der Waals surface area contributed by atoms with Gasteiger partial charge in [0.2, 0.25) is 0 Å². The van der Waals surface area contributed by atoms with Gasteiger partial charge in [-0.25, -0.2) is 43.2 Å². The van der Waals surface area contributed by atoms with Crippen LogP contribution in [0.15, 0.2) is 219 Å². The summed E-state index contributed by atoms with van der Waals surface area (Å²) in [6.07, 6.45) is 53.8. The summed E-state index contributed by atoms with van der Waals surface area (Å²) in [7, 11) is 0. The third kappa shape index (κ3) is 180. The Morgan fingerprint density at radius 2 is 0.260 bits per heavy atom. The molecular weight excluding hydrogens is 976 g/mol. The Kier molecular flexibility index (Phi) is 102. The number of carbonyl (C=O) groups is 9. The van der Waals surface area contributed by atoms with Gasteiger partial charge >= 0.3 is 105 Å². The fraction of sp³-hybridized carbons (Fsp3) is 0.167. The van der Waals surface area contributed by atoms with Crippen LogP contribution in [0.25, 0.3) is 0 Å². The maximum Gasteiger partial charge on any atom is 1.00 e. The summed E-state index contributed by atoms with van der Waals surface area (Å²) in [6, 6.07) is 0. The van der Waals surface area contributed by atoms with Gasteiger partial charge in [0.1, 0.15) is 0 Å². The molecule has 0 fully saturated rings. The Morgan fingerprint density at radius 1 is 0.192 bits per heavy atom. The van der Waals surface area contributed by atoms with E-state index in [1.807, 2.05) is 62.3 Å². The van der Waals surface area contributed by atoms with E-state index in [2.05, 4.69) is 0 Å². The molecule has 0 atom stereocenters. The van der Waals surface area contributed by atoms with Gasteiger partial charge in [-0.2, -0.15) is 0 Å². The van der Waals surface area contributed by atoms with E-state index in [9.17, 15) is 43.2 Å². The molecule has 0 aliphatic rings. The van der Waals surface area contributed by atoms with Crippen LogP contribution in [-0.4, -0.2) is 99.7 Å². The Balaban J connectivity index is -0.0000000668. The van der Waals surface area contributed by atoms with Crippen LogP contribution >= 0.6 is 0 Å². The Morgan fingerprint density at radius 3 is 0.301 bits per heavy atom. The second kappa shape index (κ2) is 84.1. The first-order chi connectivity index (χ1) is 33.9. The van der Waals surface area contributed by atoms with Gasteiger partial charge in [0, 0.05) is 54.7 Å². The van der Waals surface area contributed by atoms with Crippen LogP contribution in [0.5, 0.6) is 0 Å². The predicted octanol–water partition coefficient (Wildman–Crippen LogP) is 7.95. The SMILES string of the molecule is CC=CC=CC(=O)O.CC=CC=CC(=O)O.CC=CC=CC(=O)O.CC=CC=CC(=O)O.CC=CC=CC(=O)O.CC=CC=CC(=O)O.CC=CC=CC(=O)O.CC=CC=CC(=O)O.CC=CC=CC(=O)O.[H-].[K+]. The fourth-order valence-electron chi connectivity index (χ4n) is 2.24. The maximum atomic E-state index is 9.75. The van der Waals surface area contributed by atoms with E-state index in [1.54, 1.807) is 109 Å². The van der Waals surface area contributed by atoms with Crippen molar-refractivity contribution in [3.63, 3.8) is 0 Å². The monoisotopic (exact) mass is 1050 g/mol. The van der Waals surface area contributed by atoms with Crippen molar-refractivity contribution in [3.8, 4) is 0 Å². The summed E-state index contributed by atoms with van der Waals surface area (Å²) in [4.78, 5) is 87.8. The summed E-state index contributed by atoms with van der Waals surface area (Å²) < 4.78 is 0. The fourth-order valence-corrected chi connectivity index (χ4v) is 2.24. The predicted molar refractivity (Wildman–Crippen MR) is 285 cm³/mol. The minimum Gasteiger partial charge on any atom is -1.00 e. The van der Waals surface area contributed by atoms with Crippen molar-refractivity contribution in [2.24, 2.45) is 0 Å². The summed E-state index contributed by atoms with van der Waals surface area (Å²) in [6.45, 7) is 16.4. The second-order valence-electron chi connectivity index (χ2n) is 11.0. The van der Waals surface area contributed by atoms with Gasteiger partial charge < -0.3 is 47.4 Å². The standard InChI is InChI=1S/9C6H8O2.K.H/c9*1-2-3-4-5-6(7)8;;/h9*2-5H,1H3,(H,7,8);;/q;;;;;;;;;+1;-1. The molecule has 0 aliphatic carbocycles. The van der Waals surface area contributed by atoms with Gasteiger partial charge in [0.15, 0.2) is 0 Å². The molecule has 19 heteroatoms. The third-order valence-electron chi connectivity index (χ3n) is 4.88. The first-order valence-corrected chi connectivity index (χ1v) is 20.6. The zero-order chi connectivity index (χ0) is 57.7. The molecule has 0 bridgehead atoms. The number of hydrogen-bond acceptors (Lipinski definition) is 9. The summed E-state index contributed by atoms with van der Waals surface area (Å²) in [5.41, 5.74) is 0. The van der Waals surface area contributed by atoms with Crippen molar-refractivity contribution < 1.29 is 142 Å². The van der Waals surface area contributed by atoms with Crippen molar-refractivity contribution in [1.82, 2.24) is 0 Å². The van der Waals surface area contributed by atoms with Crippen molar-refractivity contribution in [2.75, 3.05) is 0 Å².